The van der Waals surface area contributed by atoms with Crippen LogP contribution in [0.25, 0.3) is 11.1 Å². The summed E-state index contributed by atoms with van der Waals surface area (Å²) < 4.78 is 5.50. The monoisotopic (exact) mass is 350 g/mol. The van der Waals surface area contributed by atoms with Crippen molar-refractivity contribution in [1.29, 1.82) is 0 Å². The molecule has 1 N–H and O–H groups in total. The lowest BCUT2D eigenvalue weighted by Gasteiger charge is -2.31. The third-order valence-electron chi connectivity index (χ3n) is 4.99. The zero-order valence-electron chi connectivity index (χ0n) is 14.3. The van der Waals surface area contributed by atoms with E-state index in [1.807, 2.05) is 36.4 Å². The van der Waals surface area contributed by atoms with E-state index in [0.29, 0.717) is 0 Å². The van der Waals surface area contributed by atoms with Crippen LogP contribution in [0.2, 0.25) is 0 Å². The Kier molecular flexibility index (Phi) is 3.95. The highest BCUT2D eigenvalue weighted by molar-refractivity contribution is 6.03. The summed E-state index contributed by atoms with van der Waals surface area (Å²) in [4.78, 5) is 36.9. The number of rotatable bonds is 2. The fourth-order valence-corrected chi connectivity index (χ4v) is 3.61. The quantitative estimate of drug-likeness (QED) is 0.843. The van der Waals surface area contributed by atoms with Gasteiger partial charge in [0.1, 0.15) is 19.2 Å². The van der Waals surface area contributed by atoms with Crippen molar-refractivity contribution in [3.63, 3.8) is 0 Å². The molecule has 1 heterocycles. The van der Waals surface area contributed by atoms with Crippen molar-refractivity contribution in [2.45, 2.75) is 18.9 Å². The number of hydrogen-bond acceptors (Lipinski definition) is 4. The SMILES string of the molecule is CC1C(=O)NC(=O)CN1C(=O)OCC1c2ccccc2-c2ccccc21. The zero-order valence-corrected chi connectivity index (χ0v) is 14.3. The average molecular weight is 350 g/mol. The summed E-state index contributed by atoms with van der Waals surface area (Å²) >= 11 is 0. The number of ether oxygens (including phenoxy) is 1. The van der Waals surface area contributed by atoms with Crippen LogP contribution in [0.15, 0.2) is 48.5 Å². The number of nitrogens with one attached hydrogen (secondary N) is 1. The molecule has 6 heteroatoms. The largest absolute Gasteiger partial charge is 0.448 e. The molecule has 1 atom stereocenters. The summed E-state index contributed by atoms with van der Waals surface area (Å²) in [5, 5.41) is 2.21. The second kappa shape index (κ2) is 6.29. The maximum atomic E-state index is 12.5. The first-order valence-corrected chi connectivity index (χ1v) is 8.51. The number of amides is 3. The van der Waals surface area contributed by atoms with Crippen LogP contribution in [-0.4, -0.2) is 42.0 Å². The zero-order chi connectivity index (χ0) is 18.3. The molecule has 0 spiro atoms. The average Bonchev–Trinajstić information content (AvgIpc) is 2.97. The summed E-state index contributed by atoms with van der Waals surface area (Å²) in [7, 11) is 0. The van der Waals surface area contributed by atoms with Crippen molar-refractivity contribution < 1.29 is 19.1 Å². The number of carbonyl (C=O) groups excluding carboxylic acids is 3. The molecule has 1 fully saturated rings. The van der Waals surface area contributed by atoms with Gasteiger partial charge in [0.25, 0.3) is 0 Å². The smallest absolute Gasteiger partial charge is 0.410 e. The number of carbonyl (C=O) groups is 3. The van der Waals surface area contributed by atoms with Gasteiger partial charge in [0, 0.05) is 5.92 Å². The standard InChI is InChI=1S/C20H18N2O4/c1-12-19(24)21-18(23)10-22(12)20(25)26-11-17-15-8-4-2-6-13(15)14-7-3-5-9-16(14)17/h2-9,12,17H,10-11H2,1H3,(H,21,23,24). The lowest BCUT2D eigenvalue weighted by atomic mass is 9.98. The number of benzene rings is 2. The summed E-state index contributed by atoms with van der Waals surface area (Å²) in [5.41, 5.74) is 4.51. The number of piperazine rings is 1. The number of nitrogens with zero attached hydrogens (tertiary/aromatic N) is 1. The van der Waals surface area contributed by atoms with E-state index in [4.69, 9.17) is 4.74 Å². The van der Waals surface area contributed by atoms with Crippen molar-refractivity contribution >= 4 is 17.9 Å². The second-order valence-corrected chi connectivity index (χ2v) is 6.52. The van der Waals surface area contributed by atoms with Gasteiger partial charge in [-0.25, -0.2) is 4.79 Å². The predicted molar refractivity (Wildman–Crippen MR) is 94.4 cm³/mol. The first kappa shape index (κ1) is 16.3. The molecule has 2 aromatic carbocycles. The van der Waals surface area contributed by atoms with E-state index in [9.17, 15) is 14.4 Å². The van der Waals surface area contributed by atoms with Crippen LogP contribution in [0.1, 0.15) is 24.0 Å². The number of hydrogen-bond donors (Lipinski definition) is 1. The highest BCUT2D eigenvalue weighted by Crippen LogP contribution is 2.44. The van der Waals surface area contributed by atoms with Crippen molar-refractivity contribution in [2.24, 2.45) is 0 Å². The van der Waals surface area contributed by atoms with Gasteiger partial charge in [-0.05, 0) is 29.2 Å². The molecule has 4 rings (SSSR count). The minimum atomic E-state index is -0.733. The van der Waals surface area contributed by atoms with Crippen LogP contribution in [0.4, 0.5) is 4.79 Å². The molecule has 1 saturated heterocycles. The van der Waals surface area contributed by atoms with Crippen LogP contribution in [0.3, 0.4) is 0 Å². The fraction of sp³-hybridized carbons (Fsp3) is 0.250. The van der Waals surface area contributed by atoms with Crippen LogP contribution in [-0.2, 0) is 14.3 Å². The van der Waals surface area contributed by atoms with E-state index in [2.05, 4.69) is 17.4 Å². The van der Waals surface area contributed by atoms with Gasteiger partial charge in [-0.3, -0.25) is 19.8 Å². The molecule has 0 bridgehead atoms. The Morgan fingerprint density at radius 3 is 2.27 bits per heavy atom. The van der Waals surface area contributed by atoms with E-state index >= 15 is 0 Å². The molecule has 2 aromatic rings. The maximum absolute atomic E-state index is 12.5. The van der Waals surface area contributed by atoms with Gasteiger partial charge in [0.15, 0.2) is 0 Å². The molecule has 1 aliphatic carbocycles. The molecule has 0 radical (unpaired) electrons. The molecular weight excluding hydrogens is 332 g/mol. The molecule has 1 unspecified atom stereocenters. The van der Waals surface area contributed by atoms with Crippen molar-refractivity contribution in [2.75, 3.05) is 13.2 Å². The highest BCUT2D eigenvalue weighted by Gasteiger charge is 2.36. The molecule has 2 aliphatic rings. The molecule has 1 aliphatic heterocycles. The van der Waals surface area contributed by atoms with E-state index in [0.717, 1.165) is 27.2 Å². The highest BCUT2D eigenvalue weighted by atomic mass is 16.6. The Morgan fingerprint density at radius 2 is 1.65 bits per heavy atom. The molecule has 3 amide bonds. The van der Waals surface area contributed by atoms with E-state index in [1.165, 1.54) is 0 Å². The Labute approximate surface area is 150 Å². The molecule has 26 heavy (non-hydrogen) atoms. The minimum absolute atomic E-state index is 0.0593. The van der Waals surface area contributed by atoms with Gasteiger partial charge in [0.05, 0.1) is 0 Å². The third kappa shape index (κ3) is 2.63. The van der Waals surface area contributed by atoms with Crippen molar-refractivity contribution in [1.82, 2.24) is 10.2 Å². The normalized spacial score (nSPS) is 19.0. The summed E-state index contributed by atoms with van der Waals surface area (Å²) in [6, 6.07) is 15.4. The first-order chi connectivity index (χ1) is 12.6. The topological polar surface area (TPSA) is 75.7 Å². The molecule has 0 saturated carbocycles. The van der Waals surface area contributed by atoms with Crippen LogP contribution < -0.4 is 5.32 Å². The fourth-order valence-electron chi connectivity index (χ4n) is 3.61. The third-order valence-corrected chi connectivity index (χ3v) is 4.99. The van der Waals surface area contributed by atoms with Crippen molar-refractivity contribution in [3.8, 4) is 11.1 Å². The summed E-state index contributed by atoms with van der Waals surface area (Å²) in [6.45, 7) is 1.55. The number of fused-ring (bicyclic) bond motifs is 3. The van der Waals surface area contributed by atoms with Gasteiger partial charge in [-0.2, -0.15) is 0 Å². The van der Waals surface area contributed by atoms with Crippen molar-refractivity contribution in [3.05, 3.63) is 59.7 Å². The number of imide groups is 1. The second-order valence-electron chi connectivity index (χ2n) is 6.52. The minimum Gasteiger partial charge on any atom is -0.448 e. The Balaban J connectivity index is 1.54. The van der Waals surface area contributed by atoms with Gasteiger partial charge < -0.3 is 4.74 Å². The molecule has 132 valence electrons. The van der Waals surface area contributed by atoms with Crippen LogP contribution in [0.5, 0.6) is 0 Å². The van der Waals surface area contributed by atoms with Gasteiger partial charge in [-0.15, -0.1) is 0 Å². The summed E-state index contributed by atoms with van der Waals surface area (Å²) in [5.74, 6) is -1.05. The van der Waals surface area contributed by atoms with Gasteiger partial charge in [-0.1, -0.05) is 48.5 Å². The van der Waals surface area contributed by atoms with Crippen LogP contribution >= 0.6 is 0 Å². The first-order valence-electron chi connectivity index (χ1n) is 8.51. The van der Waals surface area contributed by atoms with Gasteiger partial charge in [0.2, 0.25) is 11.8 Å². The Morgan fingerprint density at radius 1 is 1.08 bits per heavy atom. The Bertz CT molecular complexity index is 863. The predicted octanol–water partition coefficient (Wildman–Crippen LogP) is 2.28. The van der Waals surface area contributed by atoms with Crippen LogP contribution in [0, 0.1) is 0 Å². The lowest BCUT2D eigenvalue weighted by Crippen LogP contribution is -2.58. The van der Waals surface area contributed by atoms with E-state index in [1.54, 1.807) is 6.92 Å². The molecular formula is C20H18N2O4. The van der Waals surface area contributed by atoms with E-state index < -0.39 is 23.9 Å². The van der Waals surface area contributed by atoms with E-state index in [-0.39, 0.29) is 19.1 Å². The summed E-state index contributed by atoms with van der Waals surface area (Å²) in [6.07, 6.45) is -0.650. The van der Waals surface area contributed by atoms with Gasteiger partial charge >= 0.3 is 6.09 Å². The molecule has 6 nitrogen and oxygen atoms in total. The Hall–Kier alpha value is -3.15. The maximum Gasteiger partial charge on any atom is 0.410 e. The molecule has 0 aromatic heterocycles. The lowest BCUT2D eigenvalue weighted by molar-refractivity contribution is -0.138.